The molecule has 1 unspecified atom stereocenters. The molecule has 0 radical (unpaired) electrons. The van der Waals surface area contributed by atoms with E-state index >= 15 is 0 Å². The molecule has 1 saturated heterocycles. The molecule has 0 aliphatic carbocycles. The van der Waals surface area contributed by atoms with Crippen LogP contribution in [0, 0.1) is 0 Å². The molecular formula is C16H25N3OS. The van der Waals surface area contributed by atoms with Crippen molar-refractivity contribution in [1.82, 2.24) is 10.2 Å². The second kappa shape index (κ2) is 8.17. The number of aromatic hydroxyl groups is 1. The van der Waals surface area contributed by atoms with E-state index in [4.69, 9.17) is 4.99 Å². The Morgan fingerprint density at radius 1 is 1.38 bits per heavy atom. The van der Waals surface area contributed by atoms with Gasteiger partial charge in [0.2, 0.25) is 0 Å². The van der Waals surface area contributed by atoms with Gasteiger partial charge in [0.15, 0.2) is 5.96 Å². The fraction of sp³-hybridized carbons (Fsp3) is 0.562. The number of guanidine groups is 1. The zero-order valence-corrected chi connectivity index (χ0v) is 13.7. The summed E-state index contributed by atoms with van der Waals surface area (Å²) in [5, 5.41) is 13.4. The molecule has 1 fully saturated rings. The average molecular weight is 307 g/mol. The minimum atomic E-state index is 0.300. The molecular weight excluding hydrogens is 282 g/mol. The molecule has 1 heterocycles. The first-order valence-electron chi connectivity index (χ1n) is 7.65. The molecule has 4 nitrogen and oxygen atoms in total. The van der Waals surface area contributed by atoms with E-state index in [0.717, 1.165) is 31.2 Å². The van der Waals surface area contributed by atoms with Crippen LogP contribution in [0.15, 0.2) is 29.3 Å². The van der Waals surface area contributed by atoms with Crippen molar-refractivity contribution in [2.75, 3.05) is 25.4 Å². The Labute approximate surface area is 131 Å². The van der Waals surface area contributed by atoms with Crippen molar-refractivity contribution in [1.29, 1.82) is 0 Å². The first kappa shape index (κ1) is 16.0. The number of phenolic OH excluding ortho intramolecular Hbond substituents is 1. The lowest BCUT2D eigenvalue weighted by Gasteiger charge is -2.34. The van der Waals surface area contributed by atoms with E-state index in [1.165, 1.54) is 12.2 Å². The second-order valence-corrected chi connectivity index (χ2v) is 6.59. The van der Waals surface area contributed by atoms with Crippen LogP contribution in [-0.4, -0.2) is 46.6 Å². The molecule has 1 aromatic carbocycles. The Hall–Kier alpha value is -1.36. The van der Waals surface area contributed by atoms with Gasteiger partial charge in [-0.25, -0.2) is 4.99 Å². The van der Waals surface area contributed by atoms with Crippen LogP contribution in [0.4, 0.5) is 0 Å². The van der Waals surface area contributed by atoms with Gasteiger partial charge in [-0.1, -0.05) is 19.1 Å². The average Bonchev–Trinajstić information content (AvgIpc) is 2.53. The maximum atomic E-state index is 9.32. The van der Waals surface area contributed by atoms with E-state index in [0.29, 0.717) is 17.5 Å². The lowest BCUT2D eigenvalue weighted by atomic mass is 10.2. The summed E-state index contributed by atoms with van der Waals surface area (Å²) in [6.07, 6.45) is 1.21. The van der Waals surface area contributed by atoms with E-state index in [2.05, 4.69) is 35.8 Å². The van der Waals surface area contributed by atoms with E-state index in [1.54, 1.807) is 12.1 Å². The van der Waals surface area contributed by atoms with Gasteiger partial charge in [0.05, 0.1) is 6.54 Å². The highest BCUT2D eigenvalue weighted by Gasteiger charge is 2.21. The highest BCUT2D eigenvalue weighted by atomic mass is 32.2. The Bertz CT molecular complexity index is 461. The summed E-state index contributed by atoms with van der Waals surface area (Å²) in [5.41, 5.74) is 1.11. The number of thioether (sulfide) groups is 1. The summed E-state index contributed by atoms with van der Waals surface area (Å²) in [4.78, 5) is 7.12. The number of rotatable bonds is 4. The molecule has 1 atom stereocenters. The van der Waals surface area contributed by atoms with Crippen molar-refractivity contribution in [3.05, 3.63) is 29.8 Å². The van der Waals surface area contributed by atoms with Crippen LogP contribution in [0.3, 0.4) is 0 Å². The summed E-state index contributed by atoms with van der Waals surface area (Å²) in [6.45, 7) is 8.01. The van der Waals surface area contributed by atoms with E-state index in [1.807, 2.05) is 12.1 Å². The first-order valence-corrected chi connectivity index (χ1v) is 8.70. The monoisotopic (exact) mass is 307 g/mol. The van der Waals surface area contributed by atoms with Crippen LogP contribution < -0.4 is 5.32 Å². The number of hydrogen-bond acceptors (Lipinski definition) is 3. The van der Waals surface area contributed by atoms with Crippen LogP contribution in [0.2, 0.25) is 0 Å². The van der Waals surface area contributed by atoms with Crippen LogP contribution >= 0.6 is 11.8 Å². The molecule has 1 aliphatic heterocycles. The van der Waals surface area contributed by atoms with Gasteiger partial charge in [-0.15, -0.1) is 0 Å². The van der Waals surface area contributed by atoms with Crippen molar-refractivity contribution < 1.29 is 5.11 Å². The fourth-order valence-electron chi connectivity index (χ4n) is 2.35. The molecule has 1 aliphatic rings. The Kier molecular flexibility index (Phi) is 6.23. The lowest BCUT2D eigenvalue weighted by Crippen LogP contribution is -2.48. The van der Waals surface area contributed by atoms with Crippen LogP contribution in [0.25, 0.3) is 0 Å². The molecule has 0 spiro atoms. The Morgan fingerprint density at radius 3 is 2.81 bits per heavy atom. The maximum absolute atomic E-state index is 9.32. The van der Waals surface area contributed by atoms with Crippen LogP contribution in [0.5, 0.6) is 5.75 Å². The van der Waals surface area contributed by atoms with Crippen molar-refractivity contribution in [3.8, 4) is 5.75 Å². The number of nitrogens with one attached hydrogen (secondary N) is 1. The Morgan fingerprint density at radius 2 is 2.14 bits per heavy atom. The van der Waals surface area contributed by atoms with Gasteiger partial charge in [-0.05, 0) is 31.0 Å². The highest BCUT2D eigenvalue weighted by Crippen LogP contribution is 2.21. The first-order chi connectivity index (χ1) is 10.2. The third-order valence-electron chi connectivity index (χ3n) is 3.58. The summed E-state index contributed by atoms with van der Waals surface area (Å²) in [6, 6.07) is 7.26. The topological polar surface area (TPSA) is 47.9 Å². The van der Waals surface area contributed by atoms with Gasteiger partial charge in [-0.2, -0.15) is 11.8 Å². The minimum Gasteiger partial charge on any atom is -0.508 e. The van der Waals surface area contributed by atoms with Crippen LogP contribution in [0.1, 0.15) is 25.8 Å². The van der Waals surface area contributed by atoms with Gasteiger partial charge >= 0.3 is 0 Å². The van der Waals surface area contributed by atoms with E-state index in [9.17, 15) is 5.11 Å². The zero-order valence-electron chi connectivity index (χ0n) is 12.9. The summed E-state index contributed by atoms with van der Waals surface area (Å²) in [7, 11) is 0. The lowest BCUT2D eigenvalue weighted by molar-refractivity contribution is 0.408. The Balaban J connectivity index is 2.02. The number of aliphatic imine (C=N–C) groups is 1. The van der Waals surface area contributed by atoms with Crippen molar-refractivity contribution in [2.45, 2.75) is 32.1 Å². The molecule has 2 N–H and O–H groups in total. The van der Waals surface area contributed by atoms with Gasteiger partial charge in [0, 0.05) is 30.6 Å². The third kappa shape index (κ3) is 4.84. The minimum absolute atomic E-state index is 0.300. The third-order valence-corrected chi connectivity index (χ3v) is 4.95. The van der Waals surface area contributed by atoms with Gasteiger partial charge in [-0.3, -0.25) is 0 Å². The van der Waals surface area contributed by atoms with E-state index in [-0.39, 0.29) is 0 Å². The standard InChI is InChI=1S/C16H25N3OS/c1-3-15-12-19(9-10-21-15)16(17-4-2)18-11-13-5-7-14(20)8-6-13/h5-8,15,20H,3-4,9-12H2,1-2H3,(H,17,18). The number of hydrogen-bond donors (Lipinski definition) is 2. The van der Waals surface area contributed by atoms with Gasteiger partial charge in [0.1, 0.15) is 5.75 Å². The van der Waals surface area contributed by atoms with Gasteiger partial charge < -0.3 is 15.3 Å². The van der Waals surface area contributed by atoms with Crippen molar-refractivity contribution >= 4 is 17.7 Å². The van der Waals surface area contributed by atoms with Crippen molar-refractivity contribution in [2.24, 2.45) is 4.99 Å². The number of nitrogens with zero attached hydrogens (tertiary/aromatic N) is 2. The molecule has 1 aromatic rings. The maximum Gasteiger partial charge on any atom is 0.194 e. The predicted octanol–water partition coefficient (Wildman–Crippen LogP) is 2.69. The number of benzene rings is 1. The second-order valence-electron chi connectivity index (χ2n) is 5.18. The summed E-state index contributed by atoms with van der Waals surface area (Å²) < 4.78 is 0. The molecule has 2 rings (SSSR count). The molecule has 116 valence electrons. The SMILES string of the molecule is CCNC(=NCc1ccc(O)cc1)N1CCSC(CC)C1. The summed E-state index contributed by atoms with van der Waals surface area (Å²) >= 11 is 2.07. The molecule has 0 bridgehead atoms. The van der Waals surface area contributed by atoms with Crippen LogP contribution in [-0.2, 0) is 6.54 Å². The summed E-state index contributed by atoms with van der Waals surface area (Å²) in [5.74, 6) is 2.47. The normalized spacial score (nSPS) is 19.6. The molecule has 0 saturated carbocycles. The number of phenols is 1. The van der Waals surface area contributed by atoms with E-state index < -0.39 is 0 Å². The largest absolute Gasteiger partial charge is 0.508 e. The quantitative estimate of drug-likeness (QED) is 0.663. The molecule has 0 aromatic heterocycles. The predicted molar refractivity (Wildman–Crippen MR) is 91.0 cm³/mol. The van der Waals surface area contributed by atoms with Crippen molar-refractivity contribution in [3.63, 3.8) is 0 Å². The molecule has 5 heteroatoms. The smallest absolute Gasteiger partial charge is 0.194 e. The molecule has 0 amide bonds. The fourth-order valence-corrected chi connectivity index (χ4v) is 3.53. The zero-order chi connectivity index (χ0) is 15.1. The molecule has 21 heavy (non-hydrogen) atoms. The highest BCUT2D eigenvalue weighted by molar-refractivity contribution is 8.00. The van der Waals surface area contributed by atoms with Gasteiger partial charge in [0.25, 0.3) is 0 Å².